The summed E-state index contributed by atoms with van der Waals surface area (Å²) in [6.07, 6.45) is 15.8. The smallest absolute Gasteiger partial charge is 0.408 e. The third kappa shape index (κ3) is 23.3. The van der Waals surface area contributed by atoms with Crippen LogP contribution in [0.1, 0.15) is 118 Å². The second-order valence-electron chi connectivity index (χ2n) is 11.3. The molecule has 0 aliphatic carbocycles. The summed E-state index contributed by atoms with van der Waals surface area (Å²) in [5, 5.41) is 14.2. The molecule has 1 unspecified atom stereocenters. The highest BCUT2D eigenvalue weighted by atomic mass is 32.2. The van der Waals surface area contributed by atoms with Gasteiger partial charge in [-0.05, 0) is 27.2 Å². The van der Waals surface area contributed by atoms with Crippen molar-refractivity contribution in [2.75, 3.05) is 31.8 Å². The van der Waals surface area contributed by atoms with E-state index in [1.54, 1.807) is 20.8 Å². The zero-order chi connectivity index (χ0) is 30.9. The fraction of sp³-hybridized carbons (Fsp3) is 0.867. The monoisotopic (exact) mass is 604 g/mol. The third-order valence-electron chi connectivity index (χ3n) is 6.25. The molecule has 10 nitrogen and oxygen atoms in total. The Labute approximate surface area is 251 Å². The van der Waals surface area contributed by atoms with Crippen molar-refractivity contribution in [1.29, 1.82) is 0 Å². The average molecular weight is 605 g/mol. The minimum Gasteiger partial charge on any atom is -0.467 e. The lowest BCUT2D eigenvalue weighted by atomic mass is 10.0. The average Bonchev–Trinajstić information content (AvgIpc) is 2.91. The Balaban J connectivity index is 4.18. The summed E-state index contributed by atoms with van der Waals surface area (Å²) >= 11 is 1.30. The first kappa shape index (κ1) is 39.0. The van der Waals surface area contributed by atoms with Gasteiger partial charge in [0.05, 0.1) is 13.7 Å². The highest BCUT2D eigenvalue weighted by Crippen LogP contribution is 2.13. The molecule has 0 aromatic rings. The van der Waals surface area contributed by atoms with Gasteiger partial charge in [0.2, 0.25) is 5.91 Å². The van der Waals surface area contributed by atoms with E-state index in [0.717, 1.165) is 26.4 Å². The van der Waals surface area contributed by atoms with Crippen molar-refractivity contribution in [2.45, 2.75) is 135 Å². The second-order valence-corrected chi connectivity index (χ2v) is 12.4. The van der Waals surface area contributed by atoms with Gasteiger partial charge in [0, 0.05) is 17.9 Å². The van der Waals surface area contributed by atoms with Crippen LogP contribution < -0.4 is 10.6 Å². The summed E-state index contributed by atoms with van der Waals surface area (Å²) in [5.41, 5.74) is -0.765. The number of carbonyl (C=O) groups excluding carboxylic acids is 4. The molecule has 0 saturated carbocycles. The van der Waals surface area contributed by atoms with Crippen LogP contribution in [0.3, 0.4) is 0 Å². The van der Waals surface area contributed by atoms with E-state index in [2.05, 4.69) is 22.3 Å². The summed E-state index contributed by atoms with van der Waals surface area (Å²) in [4.78, 5) is 48.7. The Hall–Kier alpha value is -2.01. The van der Waals surface area contributed by atoms with Crippen molar-refractivity contribution in [3.63, 3.8) is 0 Å². The Morgan fingerprint density at radius 1 is 0.805 bits per heavy atom. The highest BCUT2D eigenvalue weighted by molar-refractivity contribution is 7.99. The van der Waals surface area contributed by atoms with Gasteiger partial charge in [-0.15, -0.1) is 0 Å². The van der Waals surface area contributed by atoms with Gasteiger partial charge < -0.3 is 30.0 Å². The topological polar surface area (TPSA) is 140 Å². The molecule has 2 atom stereocenters. The molecule has 0 aromatic carbocycles. The van der Waals surface area contributed by atoms with E-state index in [1.807, 2.05) is 0 Å². The number of alkyl carbamates (subject to hydrolysis) is 1. The zero-order valence-corrected chi connectivity index (χ0v) is 26.9. The van der Waals surface area contributed by atoms with Crippen LogP contribution >= 0.6 is 11.8 Å². The molecule has 0 rings (SSSR count). The number of carbonyl (C=O) groups is 4. The van der Waals surface area contributed by atoms with Gasteiger partial charge >= 0.3 is 18.0 Å². The number of hydrogen-bond acceptors (Lipinski definition) is 9. The zero-order valence-electron chi connectivity index (χ0n) is 26.1. The van der Waals surface area contributed by atoms with Gasteiger partial charge in [-0.2, -0.15) is 11.8 Å². The van der Waals surface area contributed by atoms with Crippen molar-refractivity contribution in [1.82, 2.24) is 10.6 Å². The van der Waals surface area contributed by atoms with E-state index < -0.39 is 42.3 Å². The maximum atomic E-state index is 12.7. The fourth-order valence-corrected chi connectivity index (χ4v) is 4.84. The highest BCUT2D eigenvalue weighted by Gasteiger charge is 2.28. The molecule has 3 N–H and O–H groups in total. The number of methoxy groups -OCH3 is 1. The maximum Gasteiger partial charge on any atom is 0.408 e. The number of unbranched alkanes of at least 4 members (excludes halogenated alkanes) is 12. The molecule has 0 saturated heterocycles. The van der Waals surface area contributed by atoms with Gasteiger partial charge in [0.1, 0.15) is 18.2 Å². The quantitative estimate of drug-likeness (QED) is 0.0762. The largest absolute Gasteiger partial charge is 0.467 e. The van der Waals surface area contributed by atoms with Crippen LogP contribution in [0, 0.1) is 0 Å². The van der Waals surface area contributed by atoms with E-state index in [1.165, 1.54) is 76.0 Å². The van der Waals surface area contributed by atoms with Gasteiger partial charge in [0.25, 0.3) is 0 Å². The number of nitrogens with one attached hydrogen (secondary N) is 2. The summed E-state index contributed by atoms with van der Waals surface area (Å²) < 4.78 is 15.1. The first-order valence-corrected chi connectivity index (χ1v) is 16.4. The van der Waals surface area contributed by atoms with Gasteiger partial charge in [-0.1, -0.05) is 84.0 Å². The lowest BCUT2D eigenvalue weighted by Crippen LogP contribution is -2.54. The van der Waals surface area contributed by atoms with Crippen LogP contribution in [0.5, 0.6) is 0 Å². The van der Waals surface area contributed by atoms with E-state index in [0.29, 0.717) is 12.2 Å². The molecule has 0 aromatic heterocycles. The number of ether oxygens (including phenoxy) is 3. The molecule has 41 heavy (non-hydrogen) atoms. The molecule has 0 heterocycles. The molecule has 0 fully saturated rings. The Bertz CT molecular complexity index is 730. The van der Waals surface area contributed by atoms with Crippen molar-refractivity contribution in [3.8, 4) is 0 Å². The van der Waals surface area contributed by atoms with Crippen molar-refractivity contribution in [2.24, 2.45) is 0 Å². The van der Waals surface area contributed by atoms with Gasteiger partial charge in [-0.3, -0.25) is 9.59 Å². The number of aliphatic hydroxyl groups is 1. The molecule has 0 radical (unpaired) electrons. The molecular weight excluding hydrogens is 548 g/mol. The molecule has 11 heteroatoms. The number of hydrogen-bond donors (Lipinski definition) is 3. The number of amides is 2. The summed E-state index contributed by atoms with van der Waals surface area (Å²) in [7, 11) is 1.14. The van der Waals surface area contributed by atoms with E-state index in [9.17, 15) is 24.3 Å². The summed E-state index contributed by atoms with van der Waals surface area (Å²) in [6, 6.07) is -2.30. The van der Waals surface area contributed by atoms with Crippen LogP contribution in [0.2, 0.25) is 0 Å². The predicted molar refractivity (Wildman–Crippen MR) is 163 cm³/mol. The second kappa shape index (κ2) is 24.6. The number of aliphatic hydroxyl groups excluding tert-OH is 1. The minimum atomic E-state index is -1.26. The summed E-state index contributed by atoms with van der Waals surface area (Å²) in [6.45, 7) is 6.86. The Morgan fingerprint density at radius 2 is 1.34 bits per heavy atom. The van der Waals surface area contributed by atoms with Crippen LogP contribution in [-0.2, 0) is 28.6 Å². The van der Waals surface area contributed by atoms with E-state index in [4.69, 9.17) is 9.47 Å². The molecule has 240 valence electrons. The number of esters is 2. The van der Waals surface area contributed by atoms with Crippen LogP contribution in [-0.4, -0.2) is 78.6 Å². The van der Waals surface area contributed by atoms with Crippen molar-refractivity contribution >= 4 is 35.7 Å². The molecular formula is C30H56N2O8S. The third-order valence-corrected chi connectivity index (χ3v) is 7.28. The van der Waals surface area contributed by atoms with E-state index in [-0.39, 0.29) is 18.3 Å². The standard InChI is InChI=1S/C30H56N2O8S/c1-6-7-8-9-10-11-12-13-14-15-16-17-18-19-26(34)39-20-21-41-23-25(32-29(37)40-30(2,3)4)27(35)31-24(22-33)28(36)38-5/h24-25,33H,6-23H2,1-5H3,(H,31,35)(H,32,37)/t24?,25-/m0/s1. The van der Waals surface area contributed by atoms with Gasteiger partial charge in [0.15, 0.2) is 6.04 Å². The van der Waals surface area contributed by atoms with Crippen LogP contribution in [0.4, 0.5) is 4.79 Å². The number of rotatable bonds is 24. The Morgan fingerprint density at radius 3 is 1.83 bits per heavy atom. The first-order valence-electron chi connectivity index (χ1n) is 15.3. The van der Waals surface area contributed by atoms with E-state index >= 15 is 0 Å². The normalized spacial score (nSPS) is 12.7. The fourth-order valence-electron chi connectivity index (χ4n) is 4.00. The first-order chi connectivity index (χ1) is 19.5. The predicted octanol–water partition coefficient (Wildman–Crippen LogP) is 5.29. The molecule has 0 aliphatic rings. The van der Waals surface area contributed by atoms with Crippen molar-refractivity contribution in [3.05, 3.63) is 0 Å². The number of thioether (sulfide) groups is 1. The SMILES string of the molecule is CCCCCCCCCCCCCCCC(=O)OCCSC[C@H](NC(=O)OC(C)(C)C)C(=O)NC(CO)C(=O)OC. The summed E-state index contributed by atoms with van der Waals surface area (Å²) in [5.74, 6) is -1.16. The molecule has 2 amide bonds. The van der Waals surface area contributed by atoms with Gasteiger partial charge in [-0.25, -0.2) is 9.59 Å². The maximum absolute atomic E-state index is 12.7. The van der Waals surface area contributed by atoms with Crippen LogP contribution in [0.25, 0.3) is 0 Å². The molecule has 0 bridgehead atoms. The minimum absolute atomic E-state index is 0.140. The molecule has 0 spiro atoms. The lowest BCUT2D eigenvalue weighted by molar-refractivity contribution is -0.146. The van der Waals surface area contributed by atoms with Crippen molar-refractivity contribution < 1.29 is 38.5 Å². The molecule has 0 aliphatic heterocycles. The lowest BCUT2D eigenvalue weighted by Gasteiger charge is -2.24. The Kier molecular flexibility index (Phi) is 23.4. The van der Waals surface area contributed by atoms with Crippen LogP contribution in [0.15, 0.2) is 0 Å².